The third-order valence-corrected chi connectivity index (χ3v) is 5.64. The summed E-state index contributed by atoms with van der Waals surface area (Å²) < 4.78 is 23.0. The van der Waals surface area contributed by atoms with E-state index in [-0.39, 0.29) is 0 Å². The molecule has 7 nitrogen and oxygen atoms in total. The minimum absolute atomic E-state index is 0.403. The predicted molar refractivity (Wildman–Crippen MR) is 152 cm³/mol. The first-order chi connectivity index (χ1) is 18.0. The molecule has 0 fully saturated rings. The molecular formula is C29H35N3O4S. The molecule has 3 rings (SSSR count). The predicted octanol–water partition coefficient (Wildman–Crippen LogP) is 5.17. The molecule has 0 unspecified atom stereocenters. The van der Waals surface area contributed by atoms with Gasteiger partial charge in [-0.1, -0.05) is 36.4 Å². The lowest BCUT2D eigenvalue weighted by atomic mass is 10.1. The first kappa shape index (κ1) is 28.0. The van der Waals surface area contributed by atoms with E-state index < -0.39 is 0 Å². The van der Waals surface area contributed by atoms with Crippen LogP contribution in [0.25, 0.3) is 0 Å². The Bertz CT molecular complexity index is 1160. The molecule has 3 aromatic rings. The average Bonchev–Trinajstić information content (AvgIpc) is 2.90. The normalized spacial score (nSPS) is 10.8. The first-order valence-corrected chi connectivity index (χ1v) is 12.7. The minimum atomic E-state index is 0.403. The summed E-state index contributed by atoms with van der Waals surface area (Å²) in [5.41, 5.74) is 7.29. The van der Waals surface area contributed by atoms with Crippen LogP contribution in [0.5, 0.6) is 17.2 Å². The molecular weight excluding hydrogens is 486 g/mol. The highest BCUT2D eigenvalue weighted by atomic mass is 32.1. The number of nitrogens with one attached hydrogen (secondary N) is 2. The maximum Gasteiger partial charge on any atom is 0.187 e. The van der Waals surface area contributed by atoms with Crippen molar-refractivity contribution in [3.05, 3.63) is 89.0 Å². The number of rotatable bonds is 14. The zero-order chi connectivity index (χ0) is 26.3. The number of thiocarbonyl (C=S) groups is 1. The van der Waals surface area contributed by atoms with E-state index in [1.54, 1.807) is 6.21 Å². The van der Waals surface area contributed by atoms with Gasteiger partial charge in [-0.3, -0.25) is 5.43 Å². The summed E-state index contributed by atoms with van der Waals surface area (Å²) in [6.45, 7) is 9.06. The molecule has 0 spiro atoms. The van der Waals surface area contributed by atoms with Crippen molar-refractivity contribution >= 4 is 23.5 Å². The van der Waals surface area contributed by atoms with Crippen LogP contribution in [0.4, 0.5) is 0 Å². The Labute approximate surface area is 224 Å². The molecule has 0 aromatic heterocycles. The molecule has 0 atom stereocenters. The Morgan fingerprint density at radius 3 is 2.38 bits per heavy atom. The van der Waals surface area contributed by atoms with Crippen LogP contribution in [0.1, 0.15) is 29.2 Å². The molecule has 0 aliphatic heterocycles. The summed E-state index contributed by atoms with van der Waals surface area (Å²) in [6.07, 6.45) is 1.68. The van der Waals surface area contributed by atoms with Crippen molar-refractivity contribution in [2.75, 3.05) is 33.0 Å². The molecule has 0 aliphatic carbocycles. The molecule has 0 saturated heterocycles. The van der Waals surface area contributed by atoms with E-state index in [4.69, 9.17) is 31.2 Å². The Hall–Kier alpha value is -3.62. The summed E-state index contributed by atoms with van der Waals surface area (Å²) >= 11 is 5.28. The Morgan fingerprint density at radius 1 is 0.838 bits per heavy atom. The molecule has 37 heavy (non-hydrogen) atoms. The largest absolute Gasteiger partial charge is 0.491 e. The van der Waals surface area contributed by atoms with Crippen molar-refractivity contribution in [2.45, 2.75) is 27.3 Å². The number of hydrogen-bond donors (Lipinski definition) is 2. The van der Waals surface area contributed by atoms with Crippen molar-refractivity contribution in [3.8, 4) is 17.2 Å². The van der Waals surface area contributed by atoms with Crippen LogP contribution in [0, 0.1) is 13.8 Å². The fourth-order valence-electron chi connectivity index (χ4n) is 3.31. The van der Waals surface area contributed by atoms with E-state index in [9.17, 15) is 0 Å². The van der Waals surface area contributed by atoms with E-state index >= 15 is 0 Å². The summed E-state index contributed by atoms with van der Waals surface area (Å²) in [5.74, 6) is 2.16. The van der Waals surface area contributed by atoms with Gasteiger partial charge in [0.1, 0.15) is 19.0 Å². The second-order valence-corrected chi connectivity index (χ2v) is 8.64. The summed E-state index contributed by atoms with van der Waals surface area (Å²) in [7, 11) is 0. The van der Waals surface area contributed by atoms with Gasteiger partial charge in [-0.2, -0.15) is 5.10 Å². The molecule has 2 N–H and O–H groups in total. The Morgan fingerprint density at radius 2 is 1.62 bits per heavy atom. The summed E-state index contributed by atoms with van der Waals surface area (Å²) in [4.78, 5) is 0. The number of benzene rings is 3. The number of hydrazone groups is 1. The van der Waals surface area contributed by atoms with Gasteiger partial charge in [-0.15, -0.1) is 0 Å². The highest BCUT2D eigenvalue weighted by Crippen LogP contribution is 2.28. The molecule has 0 aliphatic rings. The van der Waals surface area contributed by atoms with Crippen LogP contribution < -0.4 is 25.0 Å². The van der Waals surface area contributed by atoms with E-state index in [2.05, 4.69) is 35.8 Å². The van der Waals surface area contributed by atoms with E-state index in [1.807, 2.05) is 67.6 Å². The van der Waals surface area contributed by atoms with Crippen molar-refractivity contribution in [3.63, 3.8) is 0 Å². The van der Waals surface area contributed by atoms with Gasteiger partial charge in [0.25, 0.3) is 0 Å². The molecule has 8 heteroatoms. The molecule has 196 valence electrons. The smallest absolute Gasteiger partial charge is 0.187 e. The molecule has 0 radical (unpaired) electrons. The lowest BCUT2D eigenvalue weighted by Crippen LogP contribution is -2.31. The second-order valence-electron chi connectivity index (χ2n) is 8.23. The van der Waals surface area contributed by atoms with Gasteiger partial charge in [0, 0.05) is 6.54 Å². The number of ether oxygens (including phenoxy) is 4. The highest BCUT2D eigenvalue weighted by molar-refractivity contribution is 7.80. The SMILES string of the molecule is CCOc1cc(/C=N\NC(=S)NCc2ccccc2)ccc1OCCOCCOc1ccc(C)c(C)c1. The maximum atomic E-state index is 5.87. The fraction of sp³-hybridized carbons (Fsp3) is 0.310. The van der Waals surface area contributed by atoms with Gasteiger partial charge in [-0.05, 0) is 85.6 Å². The summed E-state index contributed by atoms with van der Waals surface area (Å²) in [5, 5.41) is 7.78. The van der Waals surface area contributed by atoms with Gasteiger partial charge in [0.15, 0.2) is 16.6 Å². The monoisotopic (exact) mass is 521 g/mol. The second kappa shape index (κ2) is 15.5. The van der Waals surface area contributed by atoms with Gasteiger partial charge in [-0.25, -0.2) is 0 Å². The standard InChI is InChI=1S/C29H35N3O4S/c1-4-34-28-19-25(21-31-32-29(37)30-20-24-8-6-5-7-9-24)11-13-27(28)36-17-15-33-14-16-35-26-12-10-22(2)23(3)18-26/h5-13,18-19,21H,4,14-17,20H2,1-3H3,(H2,30,32,37)/b31-21-. The van der Waals surface area contributed by atoms with Crippen molar-refractivity contribution in [2.24, 2.45) is 5.10 Å². The van der Waals surface area contributed by atoms with Crippen LogP contribution in [0.3, 0.4) is 0 Å². The lowest BCUT2D eigenvalue weighted by Gasteiger charge is -2.13. The quantitative estimate of drug-likeness (QED) is 0.131. The maximum absolute atomic E-state index is 5.87. The first-order valence-electron chi connectivity index (χ1n) is 12.3. The molecule has 0 amide bonds. The molecule has 0 saturated carbocycles. The van der Waals surface area contributed by atoms with Gasteiger partial charge < -0.3 is 24.3 Å². The van der Waals surface area contributed by atoms with Crippen LogP contribution in [-0.4, -0.2) is 44.4 Å². The van der Waals surface area contributed by atoms with Crippen LogP contribution in [0.2, 0.25) is 0 Å². The molecule has 0 heterocycles. The average molecular weight is 522 g/mol. The van der Waals surface area contributed by atoms with Crippen molar-refractivity contribution < 1.29 is 18.9 Å². The highest BCUT2D eigenvalue weighted by Gasteiger charge is 2.06. The van der Waals surface area contributed by atoms with Crippen LogP contribution >= 0.6 is 12.2 Å². The molecule has 3 aromatic carbocycles. The van der Waals surface area contributed by atoms with Crippen molar-refractivity contribution in [1.29, 1.82) is 0 Å². The summed E-state index contributed by atoms with van der Waals surface area (Å²) in [6, 6.07) is 21.7. The van der Waals surface area contributed by atoms with E-state index in [0.717, 1.165) is 16.9 Å². The number of nitrogens with zero attached hydrogens (tertiary/aromatic N) is 1. The lowest BCUT2D eigenvalue weighted by molar-refractivity contribution is 0.0755. The number of aryl methyl sites for hydroxylation is 2. The van der Waals surface area contributed by atoms with E-state index in [1.165, 1.54) is 11.1 Å². The molecule has 0 bridgehead atoms. The van der Waals surface area contributed by atoms with Crippen molar-refractivity contribution in [1.82, 2.24) is 10.7 Å². The zero-order valence-electron chi connectivity index (χ0n) is 21.7. The third-order valence-electron chi connectivity index (χ3n) is 5.40. The minimum Gasteiger partial charge on any atom is -0.491 e. The van der Waals surface area contributed by atoms with Gasteiger partial charge in [0.05, 0.1) is 26.0 Å². The zero-order valence-corrected chi connectivity index (χ0v) is 22.5. The Balaban J connectivity index is 1.37. The van der Waals surface area contributed by atoms with Gasteiger partial charge in [0.2, 0.25) is 0 Å². The topological polar surface area (TPSA) is 73.3 Å². The van der Waals surface area contributed by atoms with Gasteiger partial charge >= 0.3 is 0 Å². The fourth-order valence-corrected chi connectivity index (χ4v) is 3.44. The van der Waals surface area contributed by atoms with Crippen LogP contribution in [0.15, 0.2) is 71.8 Å². The Kier molecular flexibility index (Phi) is 11.7. The van der Waals surface area contributed by atoms with E-state index in [0.29, 0.717) is 56.2 Å². The van der Waals surface area contributed by atoms with Crippen LogP contribution in [-0.2, 0) is 11.3 Å². The number of hydrogen-bond acceptors (Lipinski definition) is 6. The third kappa shape index (κ3) is 10.1.